The number of pyridine rings is 1. The highest BCUT2D eigenvalue weighted by Crippen LogP contribution is 2.23. The number of nitrogens with one attached hydrogen (secondary N) is 1. The fourth-order valence-electron chi connectivity index (χ4n) is 2.07. The van der Waals surface area contributed by atoms with E-state index in [9.17, 15) is 0 Å². The average Bonchev–Trinajstić information content (AvgIpc) is 2.38. The first kappa shape index (κ1) is 11.8. The summed E-state index contributed by atoms with van der Waals surface area (Å²) >= 11 is 0. The van der Waals surface area contributed by atoms with Crippen molar-refractivity contribution >= 4 is 0 Å². The Kier molecular flexibility index (Phi) is 3.89. The van der Waals surface area contributed by atoms with Gasteiger partial charge in [-0.05, 0) is 36.2 Å². The van der Waals surface area contributed by atoms with Crippen LogP contribution >= 0.6 is 0 Å². The SMILES string of the molecule is CCNC(c1ccccc1)c1ccncc1C. The summed E-state index contributed by atoms with van der Waals surface area (Å²) in [5.41, 5.74) is 3.82. The van der Waals surface area contributed by atoms with Crippen molar-refractivity contribution in [1.29, 1.82) is 0 Å². The molecule has 1 N–H and O–H groups in total. The highest BCUT2D eigenvalue weighted by Gasteiger charge is 2.14. The topological polar surface area (TPSA) is 24.9 Å². The second kappa shape index (κ2) is 5.60. The molecule has 1 aromatic heterocycles. The number of rotatable bonds is 4. The molecule has 1 heterocycles. The average molecular weight is 226 g/mol. The maximum absolute atomic E-state index is 4.15. The van der Waals surface area contributed by atoms with Crippen molar-refractivity contribution in [1.82, 2.24) is 10.3 Å². The van der Waals surface area contributed by atoms with Gasteiger partial charge in [0.05, 0.1) is 6.04 Å². The van der Waals surface area contributed by atoms with Crippen LogP contribution in [-0.2, 0) is 0 Å². The summed E-state index contributed by atoms with van der Waals surface area (Å²) in [6.07, 6.45) is 3.78. The van der Waals surface area contributed by atoms with Crippen LogP contribution in [0.4, 0.5) is 0 Å². The molecular formula is C15H18N2. The smallest absolute Gasteiger partial charge is 0.0580 e. The zero-order chi connectivity index (χ0) is 12.1. The molecule has 0 amide bonds. The van der Waals surface area contributed by atoms with Crippen LogP contribution in [0.25, 0.3) is 0 Å². The van der Waals surface area contributed by atoms with Gasteiger partial charge in [-0.1, -0.05) is 37.3 Å². The van der Waals surface area contributed by atoms with Gasteiger partial charge in [-0.3, -0.25) is 4.98 Å². The molecule has 2 rings (SSSR count). The molecule has 1 unspecified atom stereocenters. The van der Waals surface area contributed by atoms with Crippen LogP contribution in [0.15, 0.2) is 48.8 Å². The third-order valence-electron chi connectivity index (χ3n) is 2.92. The van der Waals surface area contributed by atoms with Gasteiger partial charge in [0.2, 0.25) is 0 Å². The molecular weight excluding hydrogens is 208 g/mol. The number of aryl methyl sites for hydroxylation is 1. The van der Waals surface area contributed by atoms with E-state index in [1.54, 1.807) is 0 Å². The van der Waals surface area contributed by atoms with E-state index in [1.807, 2.05) is 18.5 Å². The van der Waals surface area contributed by atoms with Gasteiger partial charge in [0.15, 0.2) is 0 Å². The monoisotopic (exact) mass is 226 g/mol. The Morgan fingerprint density at radius 1 is 1.18 bits per heavy atom. The second-order valence-electron chi connectivity index (χ2n) is 4.13. The molecule has 88 valence electrons. The van der Waals surface area contributed by atoms with E-state index in [1.165, 1.54) is 16.7 Å². The summed E-state index contributed by atoms with van der Waals surface area (Å²) in [5, 5.41) is 3.53. The maximum Gasteiger partial charge on any atom is 0.0580 e. The molecule has 0 fully saturated rings. The molecule has 0 bridgehead atoms. The van der Waals surface area contributed by atoms with Crippen molar-refractivity contribution in [3.05, 3.63) is 65.5 Å². The van der Waals surface area contributed by atoms with Crippen molar-refractivity contribution < 1.29 is 0 Å². The molecule has 2 nitrogen and oxygen atoms in total. The van der Waals surface area contributed by atoms with Gasteiger partial charge in [0.1, 0.15) is 0 Å². The first-order chi connectivity index (χ1) is 8.33. The van der Waals surface area contributed by atoms with Crippen molar-refractivity contribution in [3.8, 4) is 0 Å². The molecule has 2 aromatic rings. The van der Waals surface area contributed by atoms with Crippen LogP contribution in [-0.4, -0.2) is 11.5 Å². The molecule has 0 aliphatic carbocycles. The largest absolute Gasteiger partial charge is 0.307 e. The standard InChI is InChI=1S/C15H18N2/c1-3-17-15(13-7-5-4-6-8-13)14-9-10-16-11-12(14)2/h4-11,15,17H,3H2,1-2H3. The Labute approximate surface area is 103 Å². The van der Waals surface area contributed by atoms with Gasteiger partial charge in [-0.2, -0.15) is 0 Å². The lowest BCUT2D eigenvalue weighted by Crippen LogP contribution is -2.22. The Morgan fingerprint density at radius 3 is 2.59 bits per heavy atom. The van der Waals surface area contributed by atoms with Gasteiger partial charge < -0.3 is 5.32 Å². The normalized spacial score (nSPS) is 12.4. The van der Waals surface area contributed by atoms with E-state index in [-0.39, 0.29) is 6.04 Å². The molecule has 1 atom stereocenters. The summed E-state index contributed by atoms with van der Waals surface area (Å²) < 4.78 is 0. The summed E-state index contributed by atoms with van der Waals surface area (Å²) in [7, 11) is 0. The minimum Gasteiger partial charge on any atom is -0.307 e. The molecule has 0 radical (unpaired) electrons. The number of hydrogen-bond donors (Lipinski definition) is 1. The molecule has 1 aromatic carbocycles. The lowest BCUT2D eigenvalue weighted by molar-refractivity contribution is 0.627. The van der Waals surface area contributed by atoms with E-state index < -0.39 is 0 Å². The van der Waals surface area contributed by atoms with E-state index in [2.05, 4.69) is 54.5 Å². The van der Waals surface area contributed by atoms with Crippen LogP contribution in [0.1, 0.15) is 29.7 Å². The van der Waals surface area contributed by atoms with Crippen LogP contribution in [0.5, 0.6) is 0 Å². The van der Waals surface area contributed by atoms with E-state index >= 15 is 0 Å². The summed E-state index contributed by atoms with van der Waals surface area (Å²) in [4.78, 5) is 4.15. The Morgan fingerprint density at radius 2 is 1.94 bits per heavy atom. The van der Waals surface area contributed by atoms with E-state index in [4.69, 9.17) is 0 Å². The van der Waals surface area contributed by atoms with Crippen LogP contribution in [0.2, 0.25) is 0 Å². The lowest BCUT2D eigenvalue weighted by atomic mass is 9.96. The van der Waals surface area contributed by atoms with Crippen molar-refractivity contribution in [3.63, 3.8) is 0 Å². The predicted molar refractivity (Wildman–Crippen MR) is 70.9 cm³/mol. The van der Waals surface area contributed by atoms with Crippen LogP contribution in [0, 0.1) is 6.92 Å². The number of benzene rings is 1. The number of aromatic nitrogens is 1. The van der Waals surface area contributed by atoms with Crippen LogP contribution < -0.4 is 5.32 Å². The highest BCUT2D eigenvalue weighted by molar-refractivity contribution is 5.34. The Bertz CT molecular complexity index is 465. The first-order valence-corrected chi connectivity index (χ1v) is 6.01. The summed E-state index contributed by atoms with van der Waals surface area (Å²) in [6.45, 7) is 5.18. The molecule has 0 saturated heterocycles. The van der Waals surface area contributed by atoms with Gasteiger partial charge >= 0.3 is 0 Å². The van der Waals surface area contributed by atoms with Gasteiger partial charge in [-0.15, -0.1) is 0 Å². The van der Waals surface area contributed by atoms with Crippen molar-refractivity contribution in [2.75, 3.05) is 6.54 Å². The highest BCUT2D eigenvalue weighted by atomic mass is 14.9. The van der Waals surface area contributed by atoms with Gasteiger partial charge in [-0.25, -0.2) is 0 Å². The molecule has 0 aliphatic rings. The third-order valence-corrected chi connectivity index (χ3v) is 2.92. The molecule has 0 spiro atoms. The molecule has 0 aliphatic heterocycles. The number of hydrogen-bond acceptors (Lipinski definition) is 2. The van der Waals surface area contributed by atoms with Crippen LogP contribution in [0.3, 0.4) is 0 Å². The number of nitrogens with zero attached hydrogens (tertiary/aromatic N) is 1. The molecule has 2 heteroatoms. The lowest BCUT2D eigenvalue weighted by Gasteiger charge is -2.20. The zero-order valence-electron chi connectivity index (χ0n) is 10.4. The Hall–Kier alpha value is -1.67. The first-order valence-electron chi connectivity index (χ1n) is 6.01. The minimum absolute atomic E-state index is 0.254. The molecule has 0 saturated carbocycles. The third kappa shape index (κ3) is 2.71. The van der Waals surface area contributed by atoms with Gasteiger partial charge in [0, 0.05) is 12.4 Å². The minimum atomic E-state index is 0.254. The fraction of sp³-hybridized carbons (Fsp3) is 0.267. The quantitative estimate of drug-likeness (QED) is 0.866. The van der Waals surface area contributed by atoms with Crippen molar-refractivity contribution in [2.24, 2.45) is 0 Å². The predicted octanol–water partition coefficient (Wildman–Crippen LogP) is 3.09. The van der Waals surface area contributed by atoms with Crippen molar-refractivity contribution in [2.45, 2.75) is 19.9 Å². The van der Waals surface area contributed by atoms with E-state index in [0.717, 1.165) is 6.54 Å². The Balaban J connectivity index is 2.39. The zero-order valence-corrected chi connectivity index (χ0v) is 10.4. The fourth-order valence-corrected chi connectivity index (χ4v) is 2.07. The molecule has 17 heavy (non-hydrogen) atoms. The second-order valence-corrected chi connectivity index (χ2v) is 4.13. The van der Waals surface area contributed by atoms with Gasteiger partial charge in [0.25, 0.3) is 0 Å². The summed E-state index contributed by atoms with van der Waals surface area (Å²) in [6, 6.07) is 12.9. The summed E-state index contributed by atoms with van der Waals surface area (Å²) in [5.74, 6) is 0. The van der Waals surface area contributed by atoms with E-state index in [0.29, 0.717) is 0 Å². The maximum atomic E-state index is 4.15.